The van der Waals surface area contributed by atoms with Crippen molar-refractivity contribution in [3.63, 3.8) is 0 Å². The summed E-state index contributed by atoms with van der Waals surface area (Å²) in [5.41, 5.74) is 2.60. The van der Waals surface area contributed by atoms with Crippen LogP contribution in [0.1, 0.15) is 75.8 Å². The van der Waals surface area contributed by atoms with Crippen LogP contribution in [0.4, 0.5) is 11.4 Å². The zero-order valence-electron chi connectivity index (χ0n) is 23.6. The summed E-state index contributed by atoms with van der Waals surface area (Å²) < 4.78 is 54.5. The predicted molar refractivity (Wildman–Crippen MR) is 162 cm³/mol. The summed E-state index contributed by atoms with van der Waals surface area (Å²) in [6, 6.07) is 13.4. The van der Waals surface area contributed by atoms with Gasteiger partial charge >= 0.3 is 0 Å². The maximum absolute atomic E-state index is 12.3. The summed E-state index contributed by atoms with van der Waals surface area (Å²) in [5, 5.41) is 15.6. The topological polar surface area (TPSA) is 130 Å². The van der Waals surface area contributed by atoms with Crippen LogP contribution in [0.2, 0.25) is 0 Å². The van der Waals surface area contributed by atoms with Gasteiger partial charge in [0, 0.05) is 43.3 Å². The van der Waals surface area contributed by atoms with Crippen LogP contribution in [-0.4, -0.2) is 65.4 Å². The maximum atomic E-state index is 12.3. The van der Waals surface area contributed by atoms with Crippen LogP contribution in [-0.2, 0) is 10.1 Å². The molecule has 39 heavy (non-hydrogen) atoms. The Bertz CT molecular complexity index is 1190. The Hall–Kier alpha value is -1.82. The highest BCUT2D eigenvalue weighted by Gasteiger charge is 2.49. The van der Waals surface area contributed by atoms with Gasteiger partial charge in [-0.25, -0.2) is 0 Å². The van der Waals surface area contributed by atoms with E-state index in [9.17, 15) is 22.6 Å². The molecule has 1 aliphatic heterocycles. The Morgan fingerprint density at radius 3 is 2.28 bits per heavy atom. The molecule has 0 saturated heterocycles. The lowest BCUT2D eigenvalue weighted by molar-refractivity contribution is 0.0119. The molecular formula is C29H46N2O6S2. The molecule has 0 amide bonds. The van der Waals surface area contributed by atoms with Gasteiger partial charge in [-0.2, -0.15) is 19.0 Å². The fourth-order valence-corrected chi connectivity index (χ4v) is 8.53. The van der Waals surface area contributed by atoms with E-state index < -0.39 is 38.1 Å². The molecule has 0 bridgehead atoms. The van der Waals surface area contributed by atoms with Gasteiger partial charge in [0.05, 0.1) is 22.5 Å². The fourth-order valence-electron chi connectivity index (χ4n) is 5.76. The van der Waals surface area contributed by atoms with E-state index in [4.69, 9.17) is 4.55 Å². The third kappa shape index (κ3) is 7.89. The van der Waals surface area contributed by atoms with Gasteiger partial charge in [-0.15, -0.1) is 0 Å². The van der Waals surface area contributed by atoms with E-state index >= 15 is 0 Å². The monoisotopic (exact) mass is 582 g/mol. The lowest BCUT2D eigenvalue weighted by Crippen LogP contribution is -2.42. The van der Waals surface area contributed by atoms with Crippen molar-refractivity contribution in [2.24, 2.45) is 5.41 Å². The van der Waals surface area contributed by atoms with E-state index in [1.807, 2.05) is 61.5 Å². The first-order chi connectivity index (χ1) is 18.3. The lowest BCUT2D eigenvalue weighted by Gasteiger charge is -2.44. The van der Waals surface area contributed by atoms with Crippen LogP contribution in [0, 0.1) is 5.41 Å². The Balaban J connectivity index is 2.14. The van der Waals surface area contributed by atoms with Crippen molar-refractivity contribution in [3.05, 3.63) is 53.6 Å². The van der Waals surface area contributed by atoms with E-state index in [2.05, 4.69) is 19.2 Å². The number of aliphatic hydroxyl groups excluding tert-OH is 1. The number of unbranched alkanes of at least 4 members (excludes halogenated alkanes) is 2. The van der Waals surface area contributed by atoms with Crippen molar-refractivity contribution >= 4 is 32.1 Å². The molecule has 0 fully saturated rings. The number of hydrogen-bond acceptors (Lipinski definition) is 7. The molecule has 0 unspecified atom stereocenters. The van der Waals surface area contributed by atoms with E-state index in [0.29, 0.717) is 24.3 Å². The number of fused-ring (bicyclic) bond motifs is 1. The van der Waals surface area contributed by atoms with Gasteiger partial charge in [0.15, 0.2) is 0 Å². The number of benzene rings is 2. The highest BCUT2D eigenvalue weighted by Crippen LogP contribution is 2.62. The van der Waals surface area contributed by atoms with Gasteiger partial charge in [-0.05, 0) is 60.7 Å². The van der Waals surface area contributed by atoms with Crippen molar-refractivity contribution in [3.8, 4) is 0 Å². The second-order valence-corrected chi connectivity index (χ2v) is 14.7. The Morgan fingerprint density at radius 1 is 1.03 bits per heavy atom. The number of aliphatic hydroxyl groups is 1. The molecule has 1 heterocycles. The largest absolute Gasteiger partial charge is 0.391 e. The van der Waals surface area contributed by atoms with Crippen molar-refractivity contribution in [2.75, 3.05) is 42.4 Å². The molecule has 8 nitrogen and oxygen atoms in total. The molecule has 3 rings (SSSR count). The quantitative estimate of drug-likeness (QED) is 0.135. The molecule has 5 N–H and O–H groups in total. The van der Waals surface area contributed by atoms with Crippen LogP contribution in [0.3, 0.4) is 0 Å². The van der Waals surface area contributed by atoms with Gasteiger partial charge in [-0.3, -0.25) is 13.7 Å². The van der Waals surface area contributed by atoms with Crippen molar-refractivity contribution in [2.45, 2.75) is 75.7 Å². The molecule has 0 aromatic heterocycles. The second-order valence-electron chi connectivity index (χ2n) is 11.1. The average molecular weight is 583 g/mol. The summed E-state index contributed by atoms with van der Waals surface area (Å²) in [5.74, 6) is -0.668. The first-order valence-corrected chi connectivity index (χ1v) is 17.2. The minimum Gasteiger partial charge on any atom is -0.391 e. The van der Waals surface area contributed by atoms with Gasteiger partial charge in [0.2, 0.25) is 0 Å². The standard InChI is InChI=1S/C29H46N2O6S2/c1-5-7-15-29(16-8-6-2)21-38(33,34)26-14-13-24(31(3)4)20-25(26)27(28(29)32)22-11-9-12-23(19-22)30-17-10-18-39(35,36)37/h9,11-14,19-20,27-28,30,32-34H,5-8,10,15-18,21H2,1-4H3,(H,35,36,37)/t27-,28-/m1/s1. The summed E-state index contributed by atoms with van der Waals surface area (Å²) in [4.78, 5) is 2.47. The fraction of sp³-hybridized carbons (Fsp3) is 0.586. The van der Waals surface area contributed by atoms with Crippen LogP contribution in [0.15, 0.2) is 47.4 Å². The smallest absolute Gasteiger partial charge is 0.264 e. The van der Waals surface area contributed by atoms with Gasteiger partial charge in [-0.1, -0.05) is 51.7 Å². The zero-order valence-corrected chi connectivity index (χ0v) is 25.3. The first-order valence-electron chi connectivity index (χ1n) is 13.9. The van der Waals surface area contributed by atoms with E-state index in [-0.39, 0.29) is 17.9 Å². The molecule has 2 aromatic carbocycles. The molecule has 10 heteroatoms. The van der Waals surface area contributed by atoms with Gasteiger partial charge in [0.25, 0.3) is 10.1 Å². The number of nitrogens with zero attached hydrogens (tertiary/aromatic N) is 1. The van der Waals surface area contributed by atoms with Crippen LogP contribution >= 0.6 is 10.6 Å². The molecule has 2 aromatic rings. The maximum Gasteiger partial charge on any atom is 0.264 e. The van der Waals surface area contributed by atoms with Crippen molar-refractivity contribution < 1.29 is 27.2 Å². The average Bonchev–Trinajstić information content (AvgIpc) is 2.94. The SMILES string of the molecule is CCCCC1(CCCC)CS(O)(O)c2ccc(N(C)C)cc2[C@@H](c2cccc(NCCCS(=O)(=O)O)c2)[C@H]1O. The lowest BCUT2D eigenvalue weighted by atomic mass is 9.68. The summed E-state index contributed by atoms with van der Waals surface area (Å²) in [6.07, 6.45) is 4.50. The number of anilines is 2. The molecule has 2 atom stereocenters. The van der Waals surface area contributed by atoms with Gasteiger partial charge < -0.3 is 15.3 Å². The summed E-state index contributed by atoms with van der Waals surface area (Å²) >= 11 is 0. The first kappa shape index (κ1) is 31.7. The predicted octanol–water partition coefficient (Wildman–Crippen LogP) is 6.43. The minimum atomic E-state index is -4.02. The molecule has 0 radical (unpaired) electrons. The van der Waals surface area contributed by atoms with Crippen molar-refractivity contribution in [1.29, 1.82) is 0 Å². The summed E-state index contributed by atoms with van der Waals surface area (Å²) in [6.45, 7) is 4.58. The molecule has 220 valence electrons. The van der Waals surface area contributed by atoms with Crippen LogP contribution in [0.5, 0.6) is 0 Å². The zero-order chi connectivity index (χ0) is 28.8. The molecule has 0 aliphatic carbocycles. The van der Waals surface area contributed by atoms with E-state index in [1.54, 1.807) is 0 Å². The minimum absolute atomic E-state index is 0.138. The van der Waals surface area contributed by atoms with E-state index in [0.717, 1.165) is 48.2 Å². The van der Waals surface area contributed by atoms with Gasteiger partial charge in [0.1, 0.15) is 0 Å². The molecule has 0 spiro atoms. The Morgan fingerprint density at radius 2 is 1.69 bits per heavy atom. The van der Waals surface area contributed by atoms with Crippen LogP contribution < -0.4 is 10.2 Å². The number of nitrogens with one attached hydrogen (secondary N) is 1. The Labute approximate surface area is 235 Å². The van der Waals surface area contributed by atoms with E-state index in [1.165, 1.54) is 0 Å². The molecular weight excluding hydrogens is 536 g/mol. The third-order valence-corrected chi connectivity index (χ3v) is 10.7. The normalized spacial score (nSPS) is 21.0. The third-order valence-electron chi connectivity index (χ3n) is 7.84. The Kier molecular flexibility index (Phi) is 10.8. The summed E-state index contributed by atoms with van der Waals surface area (Å²) in [7, 11) is -3.33. The number of hydrogen-bond donors (Lipinski definition) is 5. The van der Waals surface area contributed by atoms with Crippen molar-refractivity contribution in [1.82, 2.24) is 0 Å². The van der Waals surface area contributed by atoms with Crippen LogP contribution in [0.25, 0.3) is 0 Å². The highest BCUT2D eigenvalue weighted by molar-refractivity contribution is 8.24. The number of rotatable bonds is 13. The molecule has 1 aliphatic rings. The second kappa shape index (κ2) is 13.2. The molecule has 0 saturated carbocycles. The highest BCUT2D eigenvalue weighted by atomic mass is 32.3.